The van der Waals surface area contributed by atoms with E-state index in [9.17, 15) is 0 Å². The van der Waals surface area contributed by atoms with Crippen LogP contribution in [0, 0.1) is 29.6 Å². The van der Waals surface area contributed by atoms with E-state index in [1.54, 1.807) is 0 Å². The molecule has 4 saturated heterocycles. The van der Waals surface area contributed by atoms with Crippen molar-refractivity contribution in [1.82, 2.24) is 0 Å². The lowest BCUT2D eigenvalue weighted by Gasteiger charge is -2.37. The van der Waals surface area contributed by atoms with Crippen LogP contribution in [0.15, 0.2) is 97.1 Å². The van der Waals surface area contributed by atoms with Gasteiger partial charge in [0.15, 0.2) is 0 Å². The highest BCUT2D eigenvalue weighted by molar-refractivity contribution is 5.41. The van der Waals surface area contributed by atoms with Crippen LogP contribution in [0.2, 0.25) is 0 Å². The fourth-order valence-corrected chi connectivity index (χ4v) is 10.0. The Labute approximate surface area is 337 Å². The Morgan fingerprint density at radius 2 is 0.807 bits per heavy atom. The van der Waals surface area contributed by atoms with Crippen LogP contribution >= 0.6 is 0 Å². The molecule has 0 aromatic heterocycles. The van der Waals surface area contributed by atoms with Crippen LogP contribution in [0.3, 0.4) is 0 Å². The van der Waals surface area contributed by atoms with Gasteiger partial charge in [0, 0.05) is 11.8 Å². The van der Waals surface area contributed by atoms with Gasteiger partial charge in [0.25, 0.3) is 0 Å². The summed E-state index contributed by atoms with van der Waals surface area (Å²) in [6.45, 7) is 8.12. The maximum Gasteiger partial charge on any atom is 0.119 e. The van der Waals surface area contributed by atoms with Gasteiger partial charge in [-0.15, -0.1) is 0 Å². The van der Waals surface area contributed by atoms with Crippen LogP contribution in [0.4, 0.5) is 0 Å². The van der Waals surface area contributed by atoms with Crippen molar-refractivity contribution in [3.8, 4) is 23.0 Å². The first-order valence-corrected chi connectivity index (χ1v) is 21.5. The van der Waals surface area contributed by atoms with E-state index < -0.39 is 0 Å². The van der Waals surface area contributed by atoms with E-state index in [1.165, 1.54) is 54.4 Å². The zero-order valence-corrected chi connectivity index (χ0v) is 33.0. The molecule has 8 nitrogen and oxygen atoms in total. The second-order valence-corrected chi connectivity index (χ2v) is 17.4. The van der Waals surface area contributed by atoms with Crippen LogP contribution in [0.1, 0.15) is 73.1 Å². The Hall–Kier alpha value is -4.08. The van der Waals surface area contributed by atoms with Gasteiger partial charge >= 0.3 is 0 Å². The van der Waals surface area contributed by atoms with Gasteiger partial charge in [0.2, 0.25) is 0 Å². The molecule has 9 unspecified atom stereocenters. The lowest BCUT2D eigenvalue weighted by molar-refractivity contribution is 0.175. The van der Waals surface area contributed by atoms with Crippen molar-refractivity contribution in [2.75, 3.05) is 52.9 Å². The third-order valence-corrected chi connectivity index (χ3v) is 13.5. The summed E-state index contributed by atoms with van der Waals surface area (Å²) in [5.41, 5.74) is 5.39. The molecular weight excluding hydrogens is 717 g/mol. The summed E-state index contributed by atoms with van der Waals surface area (Å²) >= 11 is 0. The highest BCUT2D eigenvalue weighted by atomic mass is 16.6. The number of benzene rings is 4. The summed E-state index contributed by atoms with van der Waals surface area (Å²) in [6, 6.07) is 34.5. The van der Waals surface area contributed by atoms with E-state index in [-0.39, 0.29) is 24.4 Å². The van der Waals surface area contributed by atoms with E-state index in [0.29, 0.717) is 38.3 Å². The number of ether oxygens (including phenoxy) is 8. The smallest absolute Gasteiger partial charge is 0.119 e. The standard InChI is InChI=1S/C29H34O4.C20H22O4/c1-2-25-20-12-27(26(25)3-1)28(13-20)29(18-4-8-21(9-5-18)30-14-23-16-32-23)19-6-10-22(11-7-19)31-15-24-17-33-24;1-14(15-2-6-17(7-3-15)21-10-19-12-23-19)16-4-8-18(9-5-16)22-11-20-13-24-20/h4-11,20,23-29H,1-3,12-17H2;2-9,14,19-20H,10-13H2,1H3. The van der Waals surface area contributed by atoms with E-state index in [0.717, 1.165) is 79.0 Å². The number of hydrogen-bond donors (Lipinski definition) is 0. The molecule has 4 aromatic rings. The molecule has 7 fully saturated rings. The van der Waals surface area contributed by atoms with Crippen molar-refractivity contribution >= 4 is 0 Å². The SMILES string of the molecule is CC(c1ccc(OCC2CO2)cc1)c1ccc(OCC2CO2)cc1.c1cc(C(c2ccc(OCC3CO3)cc2)C2CC3CC2C2CCCC32)ccc1OCC1CO1. The summed E-state index contributed by atoms with van der Waals surface area (Å²) < 4.78 is 44.1. The van der Waals surface area contributed by atoms with Crippen LogP contribution in [-0.2, 0) is 18.9 Å². The summed E-state index contributed by atoms with van der Waals surface area (Å²) in [5, 5.41) is 0. The van der Waals surface area contributed by atoms with Gasteiger partial charge in [-0.05, 0) is 126 Å². The molecule has 300 valence electrons. The maximum absolute atomic E-state index is 5.92. The van der Waals surface area contributed by atoms with Crippen molar-refractivity contribution in [3.63, 3.8) is 0 Å². The largest absolute Gasteiger partial charge is 0.491 e. The minimum Gasteiger partial charge on any atom is -0.491 e. The number of hydrogen-bond acceptors (Lipinski definition) is 8. The van der Waals surface area contributed by atoms with Crippen molar-refractivity contribution in [2.45, 2.75) is 75.3 Å². The number of fused-ring (bicyclic) bond motifs is 5. The summed E-state index contributed by atoms with van der Waals surface area (Å²) in [7, 11) is 0. The lowest BCUT2D eigenvalue weighted by Crippen LogP contribution is -2.29. The molecule has 0 radical (unpaired) electrons. The van der Waals surface area contributed by atoms with Gasteiger partial charge in [-0.1, -0.05) is 61.9 Å². The molecule has 3 saturated carbocycles. The fourth-order valence-electron chi connectivity index (χ4n) is 10.0. The quantitative estimate of drug-likeness (QED) is 0.0985. The van der Waals surface area contributed by atoms with Gasteiger partial charge in [-0.3, -0.25) is 0 Å². The van der Waals surface area contributed by atoms with Crippen LogP contribution < -0.4 is 18.9 Å². The molecule has 0 spiro atoms. The summed E-state index contributed by atoms with van der Waals surface area (Å²) in [5.74, 6) is 9.04. The third kappa shape index (κ3) is 9.30. The molecule has 4 heterocycles. The molecule has 2 bridgehead atoms. The van der Waals surface area contributed by atoms with Gasteiger partial charge in [-0.25, -0.2) is 0 Å². The molecule has 9 atom stereocenters. The lowest BCUT2D eigenvalue weighted by atomic mass is 9.67. The Kier molecular flexibility index (Phi) is 10.9. The molecule has 8 heteroatoms. The zero-order valence-electron chi connectivity index (χ0n) is 33.0. The Bertz CT molecular complexity index is 1780. The second-order valence-electron chi connectivity index (χ2n) is 17.4. The van der Waals surface area contributed by atoms with Crippen molar-refractivity contribution in [2.24, 2.45) is 29.6 Å². The van der Waals surface area contributed by atoms with Crippen molar-refractivity contribution in [1.29, 1.82) is 0 Å². The van der Waals surface area contributed by atoms with E-state index in [2.05, 4.69) is 79.7 Å². The molecular formula is C49H56O8. The zero-order chi connectivity index (χ0) is 38.1. The minimum absolute atomic E-state index is 0.288. The summed E-state index contributed by atoms with van der Waals surface area (Å²) in [6.07, 6.45) is 8.40. The van der Waals surface area contributed by atoms with Crippen molar-refractivity contribution < 1.29 is 37.9 Å². The Morgan fingerprint density at radius 3 is 1.18 bits per heavy atom. The molecule has 57 heavy (non-hydrogen) atoms. The normalized spacial score (nSPS) is 30.6. The molecule has 4 aliphatic heterocycles. The van der Waals surface area contributed by atoms with Crippen LogP contribution in [-0.4, -0.2) is 77.3 Å². The van der Waals surface area contributed by atoms with Gasteiger partial charge in [-0.2, -0.15) is 0 Å². The average Bonchev–Trinajstić information content (AvgIpc) is 4.05. The molecule has 3 aliphatic carbocycles. The van der Waals surface area contributed by atoms with Gasteiger partial charge in [0.05, 0.1) is 26.4 Å². The summed E-state index contributed by atoms with van der Waals surface area (Å²) in [4.78, 5) is 0. The average molecular weight is 773 g/mol. The Morgan fingerprint density at radius 1 is 0.456 bits per heavy atom. The highest BCUT2D eigenvalue weighted by Gasteiger charge is 2.55. The first kappa shape index (κ1) is 37.2. The first-order chi connectivity index (χ1) is 28.1. The fraction of sp³-hybridized carbons (Fsp3) is 0.510. The highest BCUT2D eigenvalue weighted by Crippen LogP contribution is 2.64. The predicted molar refractivity (Wildman–Crippen MR) is 217 cm³/mol. The van der Waals surface area contributed by atoms with Gasteiger partial charge in [0.1, 0.15) is 73.8 Å². The number of epoxide rings is 4. The van der Waals surface area contributed by atoms with E-state index in [4.69, 9.17) is 37.9 Å². The molecule has 0 N–H and O–H groups in total. The molecule has 11 rings (SSSR count). The van der Waals surface area contributed by atoms with E-state index >= 15 is 0 Å². The molecule has 4 aromatic carbocycles. The van der Waals surface area contributed by atoms with Crippen LogP contribution in [0.25, 0.3) is 0 Å². The maximum atomic E-state index is 5.92. The second kappa shape index (κ2) is 16.6. The Balaban J connectivity index is 0.000000147. The monoisotopic (exact) mass is 772 g/mol. The first-order valence-electron chi connectivity index (χ1n) is 21.5. The molecule has 7 aliphatic rings. The van der Waals surface area contributed by atoms with E-state index in [1.807, 2.05) is 24.3 Å². The number of rotatable bonds is 17. The molecule has 0 amide bonds. The minimum atomic E-state index is 0.288. The topological polar surface area (TPSA) is 87.0 Å². The van der Waals surface area contributed by atoms with Gasteiger partial charge < -0.3 is 37.9 Å². The third-order valence-electron chi connectivity index (χ3n) is 13.5. The predicted octanol–water partition coefficient (Wildman–Crippen LogP) is 8.84. The van der Waals surface area contributed by atoms with Crippen molar-refractivity contribution in [3.05, 3.63) is 119 Å². The van der Waals surface area contributed by atoms with Crippen LogP contribution in [0.5, 0.6) is 23.0 Å².